The molecule has 0 fully saturated rings. The van der Waals surface area contributed by atoms with Crippen LogP contribution in [0, 0.1) is 17.0 Å². The molecule has 2 rings (SSSR count). The lowest BCUT2D eigenvalue weighted by Crippen LogP contribution is -2.49. The average molecular weight is 388 g/mol. The standard InChI is InChI=1S/C17H16N4O5S/c1-11-2-8-14(9-3-11)26-10-15(22)18-17(27)20-19-16(23)12-4-6-13(7-5-12)21(24)25/h2-9H,10H2,1H3,(H,19,23)(H2,18,20,22,27). The fourth-order valence-corrected chi connectivity index (χ4v) is 2.06. The maximum Gasteiger partial charge on any atom is 0.269 e. The Labute approximate surface area is 159 Å². The summed E-state index contributed by atoms with van der Waals surface area (Å²) in [6.45, 7) is 1.69. The van der Waals surface area contributed by atoms with E-state index in [1.807, 2.05) is 19.1 Å². The molecular weight excluding hydrogens is 372 g/mol. The van der Waals surface area contributed by atoms with Gasteiger partial charge in [0.05, 0.1) is 4.92 Å². The van der Waals surface area contributed by atoms with Crippen molar-refractivity contribution in [1.82, 2.24) is 16.2 Å². The number of nitrogens with one attached hydrogen (secondary N) is 3. The van der Waals surface area contributed by atoms with Gasteiger partial charge in [0.2, 0.25) is 0 Å². The van der Waals surface area contributed by atoms with Gasteiger partial charge in [0.15, 0.2) is 11.7 Å². The largest absolute Gasteiger partial charge is 0.484 e. The van der Waals surface area contributed by atoms with E-state index in [-0.39, 0.29) is 23.0 Å². The highest BCUT2D eigenvalue weighted by Gasteiger charge is 2.10. The molecule has 10 heteroatoms. The van der Waals surface area contributed by atoms with E-state index in [4.69, 9.17) is 17.0 Å². The molecule has 0 aromatic heterocycles. The van der Waals surface area contributed by atoms with Crippen LogP contribution >= 0.6 is 12.2 Å². The Bertz CT molecular complexity index is 853. The first-order valence-electron chi connectivity index (χ1n) is 7.69. The van der Waals surface area contributed by atoms with Crippen LogP contribution in [0.1, 0.15) is 15.9 Å². The first-order valence-corrected chi connectivity index (χ1v) is 8.10. The number of ether oxygens (including phenoxy) is 1. The number of rotatable bonds is 5. The van der Waals surface area contributed by atoms with E-state index in [0.29, 0.717) is 5.75 Å². The minimum absolute atomic E-state index is 0.122. The van der Waals surface area contributed by atoms with Gasteiger partial charge in [0, 0.05) is 17.7 Å². The van der Waals surface area contributed by atoms with E-state index in [2.05, 4.69) is 16.2 Å². The molecule has 2 aromatic carbocycles. The number of nitro groups is 1. The molecule has 0 saturated carbocycles. The summed E-state index contributed by atoms with van der Waals surface area (Å²) in [4.78, 5) is 33.7. The molecule has 0 atom stereocenters. The number of amides is 2. The number of nitro benzene ring substituents is 1. The van der Waals surface area contributed by atoms with Crippen LogP contribution in [0.3, 0.4) is 0 Å². The zero-order valence-electron chi connectivity index (χ0n) is 14.2. The van der Waals surface area contributed by atoms with Crippen molar-refractivity contribution in [1.29, 1.82) is 0 Å². The lowest BCUT2D eigenvalue weighted by molar-refractivity contribution is -0.384. The molecule has 2 amide bonds. The molecule has 140 valence electrons. The Morgan fingerprint density at radius 2 is 1.70 bits per heavy atom. The third-order valence-electron chi connectivity index (χ3n) is 3.27. The molecule has 0 aliphatic carbocycles. The third-order valence-corrected chi connectivity index (χ3v) is 3.48. The molecule has 0 spiro atoms. The van der Waals surface area contributed by atoms with Crippen molar-refractivity contribution >= 4 is 34.8 Å². The summed E-state index contributed by atoms with van der Waals surface area (Å²) in [5, 5.41) is 12.8. The Kier molecular flexibility index (Phi) is 6.78. The van der Waals surface area contributed by atoms with Crippen molar-refractivity contribution in [3.63, 3.8) is 0 Å². The molecule has 0 aliphatic rings. The van der Waals surface area contributed by atoms with Gasteiger partial charge in [-0.05, 0) is 43.4 Å². The van der Waals surface area contributed by atoms with E-state index in [1.54, 1.807) is 12.1 Å². The quantitative estimate of drug-likeness (QED) is 0.404. The highest BCUT2D eigenvalue weighted by atomic mass is 32.1. The van der Waals surface area contributed by atoms with E-state index in [0.717, 1.165) is 5.56 Å². The van der Waals surface area contributed by atoms with Gasteiger partial charge in [-0.15, -0.1) is 0 Å². The minimum Gasteiger partial charge on any atom is -0.484 e. The second kappa shape index (κ2) is 9.25. The van der Waals surface area contributed by atoms with Crippen molar-refractivity contribution in [3.05, 3.63) is 69.8 Å². The summed E-state index contributed by atoms with van der Waals surface area (Å²) in [6.07, 6.45) is 0. The fourth-order valence-electron chi connectivity index (χ4n) is 1.90. The number of hydrazine groups is 1. The molecule has 27 heavy (non-hydrogen) atoms. The van der Waals surface area contributed by atoms with Crippen LogP contribution in [0.4, 0.5) is 5.69 Å². The second-order valence-corrected chi connectivity index (χ2v) is 5.77. The van der Waals surface area contributed by atoms with Crippen LogP contribution in [0.5, 0.6) is 5.75 Å². The Balaban J connectivity index is 1.74. The zero-order chi connectivity index (χ0) is 19.8. The van der Waals surface area contributed by atoms with Crippen molar-refractivity contribution in [3.8, 4) is 5.75 Å². The van der Waals surface area contributed by atoms with Crippen LogP contribution in [-0.4, -0.2) is 28.5 Å². The van der Waals surface area contributed by atoms with E-state index < -0.39 is 16.7 Å². The number of benzene rings is 2. The smallest absolute Gasteiger partial charge is 0.269 e. The molecule has 0 aliphatic heterocycles. The normalized spacial score (nSPS) is 9.81. The van der Waals surface area contributed by atoms with Gasteiger partial charge < -0.3 is 4.74 Å². The molecule has 3 N–H and O–H groups in total. The lowest BCUT2D eigenvalue weighted by Gasteiger charge is -2.11. The molecule has 2 aromatic rings. The second-order valence-electron chi connectivity index (χ2n) is 5.36. The van der Waals surface area contributed by atoms with E-state index in [9.17, 15) is 19.7 Å². The van der Waals surface area contributed by atoms with Crippen molar-refractivity contribution in [2.45, 2.75) is 6.92 Å². The third kappa shape index (κ3) is 6.36. The van der Waals surface area contributed by atoms with Crippen LogP contribution in [0.15, 0.2) is 48.5 Å². The van der Waals surface area contributed by atoms with E-state index >= 15 is 0 Å². The van der Waals surface area contributed by atoms with Gasteiger partial charge in [-0.3, -0.25) is 35.9 Å². The highest BCUT2D eigenvalue weighted by Crippen LogP contribution is 2.12. The maximum atomic E-state index is 11.9. The predicted molar refractivity (Wildman–Crippen MR) is 101 cm³/mol. The molecule has 0 unspecified atom stereocenters. The number of non-ortho nitro benzene ring substituents is 1. The predicted octanol–water partition coefficient (Wildman–Crippen LogP) is 1.62. The van der Waals surface area contributed by atoms with Gasteiger partial charge in [0.1, 0.15) is 5.75 Å². The fraction of sp³-hybridized carbons (Fsp3) is 0.118. The number of aryl methyl sites for hydroxylation is 1. The molecule has 9 nitrogen and oxygen atoms in total. The summed E-state index contributed by atoms with van der Waals surface area (Å²) >= 11 is 4.90. The van der Waals surface area contributed by atoms with E-state index in [1.165, 1.54) is 24.3 Å². The monoisotopic (exact) mass is 388 g/mol. The summed E-state index contributed by atoms with van der Waals surface area (Å²) in [6, 6.07) is 12.2. The number of carbonyl (C=O) groups excluding carboxylic acids is 2. The number of hydrogen-bond donors (Lipinski definition) is 3. The van der Waals surface area contributed by atoms with Gasteiger partial charge >= 0.3 is 0 Å². The first kappa shape index (κ1) is 19.8. The van der Waals surface area contributed by atoms with Gasteiger partial charge in [-0.1, -0.05) is 17.7 Å². The molecule has 0 bridgehead atoms. The minimum atomic E-state index is -0.572. The SMILES string of the molecule is Cc1ccc(OCC(=O)NC(=S)NNC(=O)c2ccc([N+](=O)[O-])cc2)cc1. The van der Waals surface area contributed by atoms with Crippen molar-refractivity contribution < 1.29 is 19.2 Å². The molecular formula is C17H16N4O5S. The number of carbonyl (C=O) groups is 2. The number of thiocarbonyl (C=S) groups is 1. The van der Waals surface area contributed by atoms with Gasteiger partial charge in [0.25, 0.3) is 17.5 Å². The number of nitrogens with zero attached hydrogens (tertiary/aromatic N) is 1. The molecule has 0 saturated heterocycles. The average Bonchev–Trinajstić information content (AvgIpc) is 2.65. The van der Waals surface area contributed by atoms with Gasteiger partial charge in [-0.25, -0.2) is 0 Å². The van der Waals surface area contributed by atoms with Crippen LogP contribution < -0.4 is 20.9 Å². The number of hydrogen-bond acceptors (Lipinski definition) is 6. The Morgan fingerprint density at radius 3 is 2.30 bits per heavy atom. The topological polar surface area (TPSA) is 123 Å². The van der Waals surface area contributed by atoms with Crippen molar-refractivity contribution in [2.75, 3.05) is 6.61 Å². The summed E-state index contributed by atoms with van der Waals surface area (Å²) in [5.41, 5.74) is 5.77. The lowest BCUT2D eigenvalue weighted by atomic mass is 10.2. The Hall–Kier alpha value is -3.53. The van der Waals surface area contributed by atoms with Crippen LogP contribution in [-0.2, 0) is 4.79 Å². The van der Waals surface area contributed by atoms with Crippen LogP contribution in [0.2, 0.25) is 0 Å². The zero-order valence-corrected chi connectivity index (χ0v) is 15.0. The highest BCUT2D eigenvalue weighted by molar-refractivity contribution is 7.80. The summed E-state index contributed by atoms with van der Waals surface area (Å²) < 4.78 is 5.31. The molecule has 0 heterocycles. The maximum absolute atomic E-state index is 11.9. The summed E-state index contributed by atoms with van der Waals surface area (Å²) in [7, 11) is 0. The Morgan fingerprint density at radius 1 is 1.07 bits per heavy atom. The first-order chi connectivity index (χ1) is 12.8. The summed E-state index contributed by atoms with van der Waals surface area (Å²) in [5.74, 6) is -0.531. The molecule has 0 radical (unpaired) electrons. The van der Waals surface area contributed by atoms with Crippen LogP contribution in [0.25, 0.3) is 0 Å². The van der Waals surface area contributed by atoms with Crippen molar-refractivity contribution in [2.24, 2.45) is 0 Å². The van der Waals surface area contributed by atoms with Gasteiger partial charge in [-0.2, -0.15) is 0 Å².